The molecule has 92 valence electrons. The smallest absolute Gasteiger partial charge is 0.311 e. The number of allylic oxidation sites excluding steroid dienone is 1. The van der Waals surface area contributed by atoms with Crippen molar-refractivity contribution in [2.75, 3.05) is 6.61 Å². The van der Waals surface area contributed by atoms with Gasteiger partial charge in [0.25, 0.3) is 0 Å². The van der Waals surface area contributed by atoms with Crippen molar-refractivity contribution in [3.8, 4) is 5.75 Å². The van der Waals surface area contributed by atoms with E-state index in [0.717, 1.165) is 12.8 Å². The van der Waals surface area contributed by atoms with E-state index < -0.39 is 4.92 Å². The fourth-order valence-corrected chi connectivity index (χ4v) is 1.34. The maximum Gasteiger partial charge on any atom is 0.311 e. The van der Waals surface area contributed by atoms with Crippen molar-refractivity contribution in [3.63, 3.8) is 0 Å². The Hall–Kier alpha value is -1.88. The molecule has 0 aliphatic carbocycles. The Balaban J connectivity index is 2.76. The van der Waals surface area contributed by atoms with Crippen LogP contribution in [0.4, 0.5) is 5.69 Å². The Morgan fingerprint density at radius 3 is 2.88 bits per heavy atom. The third-order valence-corrected chi connectivity index (χ3v) is 2.21. The highest BCUT2D eigenvalue weighted by Crippen LogP contribution is 2.28. The molecule has 1 aromatic rings. The third-order valence-electron chi connectivity index (χ3n) is 2.21. The van der Waals surface area contributed by atoms with Gasteiger partial charge in [0.1, 0.15) is 0 Å². The normalized spacial score (nSPS) is 9.94. The second-order valence-corrected chi connectivity index (χ2v) is 3.50. The van der Waals surface area contributed by atoms with Crippen molar-refractivity contribution in [1.29, 1.82) is 0 Å². The number of benzene rings is 1. The Morgan fingerprint density at radius 1 is 1.53 bits per heavy atom. The zero-order valence-corrected chi connectivity index (χ0v) is 9.46. The van der Waals surface area contributed by atoms with E-state index in [1.54, 1.807) is 12.1 Å². The highest BCUT2D eigenvalue weighted by atomic mass is 16.6. The van der Waals surface area contributed by atoms with Crippen LogP contribution in [0.1, 0.15) is 18.4 Å². The molecule has 0 spiro atoms. The van der Waals surface area contributed by atoms with Gasteiger partial charge in [0, 0.05) is 6.07 Å². The molecule has 0 aliphatic rings. The fraction of sp³-hybridized carbons (Fsp3) is 0.333. The molecule has 5 nitrogen and oxygen atoms in total. The van der Waals surface area contributed by atoms with Crippen molar-refractivity contribution in [1.82, 2.24) is 0 Å². The summed E-state index contributed by atoms with van der Waals surface area (Å²) in [6, 6.07) is 4.44. The summed E-state index contributed by atoms with van der Waals surface area (Å²) in [5, 5.41) is 19.7. The molecule has 0 atom stereocenters. The summed E-state index contributed by atoms with van der Waals surface area (Å²) >= 11 is 0. The molecule has 1 rings (SSSR count). The molecule has 0 fully saturated rings. The van der Waals surface area contributed by atoms with Crippen LogP contribution in [0.25, 0.3) is 0 Å². The zero-order chi connectivity index (χ0) is 12.7. The maximum atomic E-state index is 10.8. The zero-order valence-electron chi connectivity index (χ0n) is 9.46. The number of rotatable bonds is 7. The molecular formula is C12H15NO4. The lowest BCUT2D eigenvalue weighted by Crippen LogP contribution is -2.01. The Kier molecular flexibility index (Phi) is 5.16. The Morgan fingerprint density at radius 2 is 2.29 bits per heavy atom. The van der Waals surface area contributed by atoms with E-state index in [-0.39, 0.29) is 18.0 Å². The van der Waals surface area contributed by atoms with Crippen molar-refractivity contribution < 1.29 is 14.8 Å². The summed E-state index contributed by atoms with van der Waals surface area (Å²) in [6.07, 6.45) is 3.34. The summed E-state index contributed by atoms with van der Waals surface area (Å²) in [7, 11) is 0. The van der Waals surface area contributed by atoms with Gasteiger partial charge in [-0.3, -0.25) is 10.1 Å². The maximum absolute atomic E-state index is 10.8. The molecule has 0 heterocycles. The molecule has 0 saturated heterocycles. The van der Waals surface area contributed by atoms with Gasteiger partial charge in [-0.05, 0) is 24.5 Å². The average Bonchev–Trinajstić information content (AvgIpc) is 2.34. The first-order valence-electron chi connectivity index (χ1n) is 5.31. The predicted octanol–water partition coefficient (Wildman–Crippen LogP) is 2.43. The largest absolute Gasteiger partial charge is 0.487 e. The number of nitrogens with zero attached hydrogens (tertiary/aromatic N) is 1. The predicted molar refractivity (Wildman–Crippen MR) is 63.9 cm³/mol. The number of aliphatic hydroxyl groups is 1. The van der Waals surface area contributed by atoms with E-state index in [1.165, 1.54) is 12.1 Å². The van der Waals surface area contributed by atoms with Gasteiger partial charge < -0.3 is 9.84 Å². The van der Waals surface area contributed by atoms with Crippen molar-refractivity contribution in [2.45, 2.75) is 19.4 Å². The lowest BCUT2D eigenvalue weighted by Gasteiger charge is -2.06. The monoisotopic (exact) mass is 237 g/mol. The molecule has 0 amide bonds. The number of nitro benzene ring substituents is 1. The van der Waals surface area contributed by atoms with Crippen molar-refractivity contribution in [3.05, 3.63) is 46.5 Å². The minimum atomic E-state index is -0.512. The highest BCUT2D eigenvalue weighted by Gasteiger charge is 2.15. The molecule has 0 bridgehead atoms. The molecule has 1 N–H and O–H groups in total. The third kappa shape index (κ3) is 3.88. The SMILES string of the molecule is C=CCCCOc1ccc(CO)cc1[N+](=O)[O-]. The van der Waals surface area contributed by atoms with E-state index in [4.69, 9.17) is 9.84 Å². The fourth-order valence-electron chi connectivity index (χ4n) is 1.34. The number of hydrogen-bond acceptors (Lipinski definition) is 4. The molecule has 0 aromatic heterocycles. The summed E-state index contributed by atoms with van der Waals surface area (Å²) in [4.78, 5) is 10.3. The van der Waals surface area contributed by atoms with E-state index in [0.29, 0.717) is 12.2 Å². The minimum absolute atomic E-state index is 0.116. The van der Waals surface area contributed by atoms with Crippen LogP contribution in [-0.2, 0) is 6.61 Å². The first kappa shape index (κ1) is 13.2. The minimum Gasteiger partial charge on any atom is -0.487 e. The van der Waals surface area contributed by atoms with Crippen LogP contribution in [-0.4, -0.2) is 16.6 Å². The number of hydrogen-bond donors (Lipinski definition) is 1. The standard InChI is InChI=1S/C12H15NO4/c1-2-3-4-7-17-12-6-5-10(9-14)8-11(12)13(15)16/h2,5-6,8,14H,1,3-4,7,9H2. The summed E-state index contributed by atoms with van der Waals surface area (Å²) in [5.74, 6) is 0.233. The van der Waals surface area contributed by atoms with E-state index >= 15 is 0 Å². The van der Waals surface area contributed by atoms with Crippen LogP contribution in [0.5, 0.6) is 5.75 Å². The van der Waals surface area contributed by atoms with Crippen LogP contribution >= 0.6 is 0 Å². The second kappa shape index (κ2) is 6.65. The molecule has 0 unspecified atom stereocenters. The summed E-state index contributed by atoms with van der Waals surface area (Å²) < 4.78 is 5.33. The van der Waals surface area contributed by atoms with Crippen LogP contribution in [0.2, 0.25) is 0 Å². The molecule has 17 heavy (non-hydrogen) atoms. The van der Waals surface area contributed by atoms with E-state index in [9.17, 15) is 10.1 Å². The first-order valence-corrected chi connectivity index (χ1v) is 5.31. The molecule has 5 heteroatoms. The molecule has 0 radical (unpaired) electrons. The molecular weight excluding hydrogens is 222 g/mol. The van der Waals surface area contributed by atoms with Gasteiger partial charge in [0.2, 0.25) is 0 Å². The van der Waals surface area contributed by atoms with Gasteiger partial charge in [-0.25, -0.2) is 0 Å². The van der Waals surface area contributed by atoms with Crippen LogP contribution in [0.3, 0.4) is 0 Å². The summed E-state index contributed by atoms with van der Waals surface area (Å²) in [6.45, 7) is 3.77. The van der Waals surface area contributed by atoms with Gasteiger partial charge in [0.05, 0.1) is 18.1 Å². The summed E-state index contributed by atoms with van der Waals surface area (Å²) in [5.41, 5.74) is 0.380. The van der Waals surface area contributed by atoms with Crippen LogP contribution in [0, 0.1) is 10.1 Å². The van der Waals surface area contributed by atoms with E-state index in [1.807, 2.05) is 0 Å². The Labute approximate surface area is 99.5 Å². The lowest BCUT2D eigenvalue weighted by atomic mass is 10.2. The van der Waals surface area contributed by atoms with Crippen molar-refractivity contribution in [2.24, 2.45) is 0 Å². The Bertz CT molecular complexity index is 403. The topological polar surface area (TPSA) is 72.6 Å². The average molecular weight is 237 g/mol. The van der Waals surface area contributed by atoms with Gasteiger partial charge in [-0.1, -0.05) is 12.1 Å². The number of ether oxygens (including phenoxy) is 1. The van der Waals surface area contributed by atoms with E-state index in [2.05, 4.69) is 6.58 Å². The van der Waals surface area contributed by atoms with Gasteiger partial charge in [-0.15, -0.1) is 6.58 Å². The number of aliphatic hydroxyl groups excluding tert-OH is 1. The lowest BCUT2D eigenvalue weighted by molar-refractivity contribution is -0.386. The molecule has 0 saturated carbocycles. The van der Waals surface area contributed by atoms with Gasteiger partial charge in [-0.2, -0.15) is 0 Å². The second-order valence-electron chi connectivity index (χ2n) is 3.50. The number of nitro groups is 1. The number of unbranched alkanes of at least 4 members (excludes halogenated alkanes) is 1. The van der Waals surface area contributed by atoms with Crippen LogP contribution in [0.15, 0.2) is 30.9 Å². The van der Waals surface area contributed by atoms with Crippen molar-refractivity contribution >= 4 is 5.69 Å². The first-order chi connectivity index (χ1) is 8.19. The quantitative estimate of drug-likeness (QED) is 0.342. The highest BCUT2D eigenvalue weighted by molar-refractivity contribution is 5.48. The van der Waals surface area contributed by atoms with Crippen LogP contribution < -0.4 is 4.74 Å². The molecule has 0 aliphatic heterocycles. The molecule has 1 aromatic carbocycles. The van der Waals surface area contributed by atoms with Gasteiger partial charge >= 0.3 is 5.69 Å². The van der Waals surface area contributed by atoms with Gasteiger partial charge in [0.15, 0.2) is 5.75 Å².